The van der Waals surface area contributed by atoms with E-state index in [0.29, 0.717) is 11.4 Å². The first-order valence-electron chi connectivity index (χ1n) is 9.41. The Hall–Kier alpha value is -2.77. The highest BCUT2D eigenvalue weighted by molar-refractivity contribution is 5.97. The zero-order valence-corrected chi connectivity index (χ0v) is 15.6. The van der Waals surface area contributed by atoms with Gasteiger partial charge in [-0.15, -0.1) is 0 Å². The molecule has 2 N–H and O–H groups in total. The van der Waals surface area contributed by atoms with Gasteiger partial charge in [0.25, 0.3) is 5.91 Å². The van der Waals surface area contributed by atoms with Crippen LogP contribution in [0, 0.1) is 0 Å². The van der Waals surface area contributed by atoms with Gasteiger partial charge < -0.3 is 19.9 Å². The van der Waals surface area contributed by atoms with Crippen LogP contribution in [-0.2, 0) is 9.59 Å². The van der Waals surface area contributed by atoms with Crippen molar-refractivity contribution < 1.29 is 14.3 Å². The second-order valence-corrected chi connectivity index (χ2v) is 7.26. The summed E-state index contributed by atoms with van der Waals surface area (Å²) in [5.41, 5.74) is 3.59. The van der Waals surface area contributed by atoms with Crippen LogP contribution in [0.3, 0.4) is 0 Å². The summed E-state index contributed by atoms with van der Waals surface area (Å²) in [4.78, 5) is 29.5. The molecule has 27 heavy (non-hydrogen) atoms. The molecule has 3 aliphatic rings. The lowest BCUT2D eigenvalue weighted by Gasteiger charge is -2.50. The second-order valence-electron chi connectivity index (χ2n) is 7.26. The number of rotatable bonds is 4. The number of amidine groups is 1. The molecule has 8 nitrogen and oxygen atoms in total. The predicted molar refractivity (Wildman–Crippen MR) is 101 cm³/mol. The molecule has 2 amide bonds. The van der Waals surface area contributed by atoms with E-state index >= 15 is 0 Å². The zero-order chi connectivity index (χ0) is 19.0. The van der Waals surface area contributed by atoms with Gasteiger partial charge in [-0.2, -0.15) is 5.10 Å². The highest BCUT2D eigenvalue weighted by Crippen LogP contribution is 2.34. The van der Waals surface area contributed by atoms with Crippen molar-refractivity contribution in [1.82, 2.24) is 15.2 Å². The van der Waals surface area contributed by atoms with Crippen LogP contribution in [-0.4, -0.2) is 59.4 Å². The zero-order valence-electron chi connectivity index (χ0n) is 15.6. The minimum Gasteiger partial charge on any atom is -0.497 e. The van der Waals surface area contributed by atoms with Crippen molar-refractivity contribution in [2.45, 2.75) is 50.9 Å². The summed E-state index contributed by atoms with van der Waals surface area (Å²) in [6.07, 6.45) is 3.64. The van der Waals surface area contributed by atoms with Gasteiger partial charge >= 0.3 is 0 Å². The molecule has 2 fully saturated rings. The van der Waals surface area contributed by atoms with Crippen LogP contribution in [0.15, 0.2) is 29.4 Å². The van der Waals surface area contributed by atoms with Crippen molar-refractivity contribution in [3.8, 4) is 5.75 Å². The fourth-order valence-corrected chi connectivity index (χ4v) is 4.42. The van der Waals surface area contributed by atoms with E-state index in [1.54, 1.807) is 24.1 Å². The van der Waals surface area contributed by atoms with E-state index in [9.17, 15) is 9.59 Å². The van der Waals surface area contributed by atoms with E-state index < -0.39 is 6.17 Å². The second kappa shape index (κ2) is 7.09. The molecule has 2 heterocycles. The van der Waals surface area contributed by atoms with E-state index in [2.05, 4.69) is 20.7 Å². The number of piperazine rings is 1. The lowest BCUT2D eigenvalue weighted by molar-refractivity contribution is -0.151. The van der Waals surface area contributed by atoms with E-state index in [-0.39, 0.29) is 30.4 Å². The predicted octanol–water partition coefficient (Wildman–Crippen LogP) is 1.35. The third-order valence-electron chi connectivity index (χ3n) is 5.64. The molecule has 3 atom stereocenters. The topological polar surface area (TPSA) is 86.3 Å². The van der Waals surface area contributed by atoms with E-state index in [0.717, 1.165) is 31.5 Å². The molecular formula is C19H25N5O3. The van der Waals surface area contributed by atoms with Gasteiger partial charge in [0.15, 0.2) is 6.17 Å². The first-order chi connectivity index (χ1) is 13.1. The van der Waals surface area contributed by atoms with Crippen LogP contribution in [0.1, 0.15) is 32.6 Å². The molecule has 1 aliphatic carbocycles. The summed E-state index contributed by atoms with van der Waals surface area (Å²) < 4.78 is 5.19. The molecule has 2 aliphatic heterocycles. The Bertz CT molecular complexity index is 780. The summed E-state index contributed by atoms with van der Waals surface area (Å²) in [7, 11) is 1.58. The number of ether oxygens (including phenoxy) is 1. The number of hydrazone groups is 1. The van der Waals surface area contributed by atoms with Gasteiger partial charge in [0.1, 0.15) is 18.1 Å². The number of nitrogens with zero attached hydrogens (tertiary/aromatic N) is 3. The molecule has 0 aromatic heterocycles. The van der Waals surface area contributed by atoms with Crippen molar-refractivity contribution in [1.29, 1.82) is 0 Å². The van der Waals surface area contributed by atoms with Crippen LogP contribution in [0.5, 0.6) is 5.75 Å². The molecule has 8 heteroatoms. The Morgan fingerprint density at radius 2 is 2.11 bits per heavy atom. The summed E-state index contributed by atoms with van der Waals surface area (Å²) in [6.45, 7) is 1.97. The van der Waals surface area contributed by atoms with Gasteiger partial charge in [-0.1, -0.05) is 18.9 Å². The van der Waals surface area contributed by atoms with Gasteiger partial charge in [0.05, 0.1) is 19.2 Å². The standard InChI is InChI=1S/C19H25N5O3/c1-12-21-22-18-19(26)23(15-8-3-4-9-16(15)24(12)18)11-17(25)20-13-6-5-7-14(10-13)27-2/h5-7,10,15-16,18,22H,3-4,8-9,11H2,1-2H3,(H,20,25). The maximum Gasteiger partial charge on any atom is 0.268 e. The van der Waals surface area contributed by atoms with Crippen molar-refractivity contribution >= 4 is 23.3 Å². The van der Waals surface area contributed by atoms with Crippen molar-refractivity contribution in [2.24, 2.45) is 5.10 Å². The number of nitrogens with one attached hydrogen (secondary N) is 2. The lowest BCUT2D eigenvalue weighted by atomic mass is 9.85. The SMILES string of the molecule is COc1cccc(NC(=O)CN2C(=O)C3NN=C(C)N3C3CCCCC32)c1. The van der Waals surface area contributed by atoms with Gasteiger partial charge in [0.2, 0.25) is 5.91 Å². The number of hydrogen-bond donors (Lipinski definition) is 2. The number of amides is 2. The molecule has 1 aromatic rings. The molecule has 0 radical (unpaired) electrons. The number of carbonyl (C=O) groups is 2. The van der Waals surface area contributed by atoms with E-state index in [4.69, 9.17) is 4.74 Å². The van der Waals surface area contributed by atoms with Gasteiger partial charge in [-0.3, -0.25) is 15.0 Å². The van der Waals surface area contributed by atoms with Crippen LogP contribution >= 0.6 is 0 Å². The Morgan fingerprint density at radius 1 is 1.33 bits per heavy atom. The van der Waals surface area contributed by atoms with E-state index in [1.807, 2.05) is 19.1 Å². The fraction of sp³-hybridized carbons (Fsp3) is 0.526. The molecular weight excluding hydrogens is 346 g/mol. The summed E-state index contributed by atoms with van der Waals surface area (Å²) in [5.74, 6) is 1.24. The Kier molecular flexibility index (Phi) is 4.63. The third-order valence-corrected chi connectivity index (χ3v) is 5.64. The molecule has 0 bridgehead atoms. The summed E-state index contributed by atoms with van der Waals surface area (Å²) in [5, 5.41) is 7.13. The monoisotopic (exact) mass is 371 g/mol. The normalized spacial score (nSPS) is 26.7. The number of carbonyl (C=O) groups excluding carboxylic acids is 2. The molecule has 1 saturated heterocycles. The van der Waals surface area contributed by atoms with Crippen molar-refractivity contribution in [2.75, 3.05) is 19.0 Å². The summed E-state index contributed by atoms with van der Waals surface area (Å²) >= 11 is 0. The minimum atomic E-state index is -0.492. The van der Waals surface area contributed by atoms with Gasteiger partial charge in [-0.05, 0) is 31.9 Å². The first-order valence-corrected chi connectivity index (χ1v) is 9.41. The molecule has 3 unspecified atom stereocenters. The maximum atomic E-state index is 13.0. The van der Waals surface area contributed by atoms with Gasteiger partial charge in [0, 0.05) is 11.8 Å². The van der Waals surface area contributed by atoms with Crippen LogP contribution in [0.2, 0.25) is 0 Å². The number of fused-ring (bicyclic) bond motifs is 3. The highest BCUT2D eigenvalue weighted by atomic mass is 16.5. The molecule has 144 valence electrons. The molecule has 1 saturated carbocycles. The van der Waals surface area contributed by atoms with Crippen molar-refractivity contribution in [3.63, 3.8) is 0 Å². The fourth-order valence-electron chi connectivity index (χ4n) is 4.42. The first kappa shape index (κ1) is 17.6. The minimum absolute atomic E-state index is 0.0439. The quantitative estimate of drug-likeness (QED) is 0.834. The Balaban J connectivity index is 1.50. The Morgan fingerprint density at radius 3 is 2.89 bits per heavy atom. The number of hydrogen-bond acceptors (Lipinski definition) is 6. The highest BCUT2D eigenvalue weighted by Gasteiger charge is 2.50. The number of benzene rings is 1. The summed E-state index contributed by atoms with van der Waals surface area (Å²) in [6, 6.07) is 7.46. The largest absolute Gasteiger partial charge is 0.497 e. The van der Waals surface area contributed by atoms with Crippen LogP contribution < -0.4 is 15.5 Å². The van der Waals surface area contributed by atoms with Crippen molar-refractivity contribution in [3.05, 3.63) is 24.3 Å². The van der Waals surface area contributed by atoms with Crippen LogP contribution in [0.4, 0.5) is 5.69 Å². The smallest absolute Gasteiger partial charge is 0.268 e. The number of methoxy groups -OCH3 is 1. The van der Waals surface area contributed by atoms with E-state index in [1.165, 1.54) is 0 Å². The van der Waals surface area contributed by atoms with Gasteiger partial charge in [-0.25, -0.2) is 0 Å². The lowest BCUT2D eigenvalue weighted by Crippen LogP contribution is -2.69. The third kappa shape index (κ3) is 3.20. The molecule has 0 spiro atoms. The van der Waals surface area contributed by atoms with Crippen LogP contribution in [0.25, 0.3) is 0 Å². The number of anilines is 1. The average Bonchev–Trinajstić information content (AvgIpc) is 3.07. The molecule has 4 rings (SSSR count). The molecule has 1 aromatic carbocycles. The maximum absolute atomic E-state index is 13.0. The Labute approximate surface area is 158 Å². The average molecular weight is 371 g/mol.